The zero-order chi connectivity index (χ0) is 15.5. The summed E-state index contributed by atoms with van der Waals surface area (Å²) in [5, 5.41) is 4.82. The molecular formula is C17H15N3O2. The van der Waals surface area contributed by atoms with Gasteiger partial charge in [-0.3, -0.25) is 9.78 Å². The first kappa shape index (κ1) is 14.0. The van der Waals surface area contributed by atoms with Crippen molar-refractivity contribution in [3.05, 3.63) is 65.2 Å². The number of nitrogens with zero attached hydrogens (tertiary/aromatic N) is 2. The zero-order valence-corrected chi connectivity index (χ0v) is 12.3. The van der Waals surface area contributed by atoms with Crippen LogP contribution in [0.15, 0.2) is 52.2 Å². The van der Waals surface area contributed by atoms with E-state index in [0.29, 0.717) is 17.0 Å². The van der Waals surface area contributed by atoms with Crippen LogP contribution in [0.3, 0.4) is 0 Å². The van der Waals surface area contributed by atoms with Gasteiger partial charge >= 0.3 is 0 Å². The average molecular weight is 293 g/mol. The molecule has 0 atom stereocenters. The van der Waals surface area contributed by atoms with E-state index >= 15 is 0 Å². The zero-order valence-electron chi connectivity index (χ0n) is 12.3. The first-order valence-corrected chi connectivity index (χ1v) is 6.88. The number of aromatic nitrogens is 1. The topological polar surface area (TPSA) is 67.5 Å². The van der Waals surface area contributed by atoms with Crippen molar-refractivity contribution in [1.29, 1.82) is 0 Å². The summed E-state index contributed by atoms with van der Waals surface area (Å²) in [4.78, 5) is 16.7. The summed E-state index contributed by atoms with van der Waals surface area (Å²) >= 11 is 0. The third kappa shape index (κ3) is 2.88. The van der Waals surface area contributed by atoms with Crippen molar-refractivity contribution < 1.29 is 9.21 Å². The Kier molecular flexibility index (Phi) is 3.70. The molecule has 22 heavy (non-hydrogen) atoms. The number of amides is 1. The highest BCUT2D eigenvalue weighted by Crippen LogP contribution is 2.18. The highest BCUT2D eigenvalue weighted by Gasteiger charge is 2.11. The average Bonchev–Trinajstić information content (AvgIpc) is 3.00. The second-order valence-corrected chi connectivity index (χ2v) is 5.03. The van der Waals surface area contributed by atoms with E-state index in [9.17, 15) is 4.79 Å². The normalized spacial score (nSPS) is 11.2. The van der Waals surface area contributed by atoms with Gasteiger partial charge in [0.05, 0.1) is 29.3 Å². The van der Waals surface area contributed by atoms with E-state index in [2.05, 4.69) is 15.5 Å². The number of furan rings is 1. The molecule has 2 heterocycles. The van der Waals surface area contributed by atoms with Crippen molar-refractivity contribution in [3.63, 3.8) is 0 Å². The minimum absolute atomic E-state index is 0.295. The lowest BCUT2D eigenvalue weighted by Gasteiger charge is -2.06. The van der Waals surface area contributed by atoms with E-state index in [1.54, 1.807) is 18.4 Å². The Hall–Kier alpha value is -2.95. The molecule has 0 saturated heterocycles. The molecule has 0 spiro atoms. The van der Waals surface area contributed by atoms with Gasteiger partial charge in [0, 0.05) is 5.39 Å². The summed E-state index contributed by atoms with van der Waals surface area (Å²) in [6.45, 7) is 3.82. The molecule has 3 rings (SSSR count). The van der Waals surface area contributed by atoms with Crippen LogP contribution in [0.25, 0.3) is 10.9 Å². The number of hydrogen-bond acceptors (Lipinski definition) is 4. The van der Waals surface area contributed by atoms with Gasteiger partial charge in [-0.05, 0) is 44.2 Å². The van der Waals surface area contributed by atoms with Crippen LogP contribution in [0.2, 0.25) is 0 Å². The van der Waals surface area contributed by atoms with Crippen molar-refractivity contribution in [2.45, 2.75) is 13.8 Å². The van der Waals surface area contributed by atoms with Crippen LogP contribution < -0.4 is 5.43 Å². The number of aryl methyl sites for hydroxylation is 2. The van der Waals surface area contributed by atoms with E-state index in [-0.39, 0.29) is 5.91 Å². The van der Waals surface area contributed by atoms with Gasteiger partial charge in [-0.25, -0.2) is 5.43 Å². The molecule has 2 aromatic heterocycles. The van der Waals surface area contributed by atoms with E-state index in [0.717, 1.165) is 16.5 Å². The van der Waals surface area contributed by atoms with Gasteiger partial charge in [-0.1, -0.05) is 11.6 Å². The van der Waals surface area contributed by atoms with Gasteiger partial charge in [0.25, 0.3) is 5.91 Å². The third-order valence-electron chi connectivity index (χ3n) is 3.31. The number of hydrogen-bond donors (Lipinski definition) is 1. The Bertz CT molecular complexity index is 852. The van der Waals surface area contributed by atoms with Crippen LogP contribution in [-0.4, -0.2) is 17.1 Å². The maximum Gasteiger partial charge on any atom is 0.273 e. The van der Waals surface area contributed by atoms with E-state index in [1.165, 1.54) is 6.21 Å². The molecule has 0 unspecified atom stereocenters. The fraction of sp³-hybridized carbons (Fsp3) is 0.118. The van der Waals surface area contributed by atoms with Crippen LogP contribution >= 0.6 is 0 Å². The second-order valence-electron chi connectivity index (χ2n) is 5.03. The number of hydrazone groups is 1. The Morgan fingerprint density at radius 3 is 2.91 bits per heavy atom. The predicted molar refractivity (Wildman–Crippen MR) is 85.0 cm³/mol. The lowest BCUT2D eigenvalue weighted by molar-refractivity contribution is 0.0954. The number of pyridine rings is 1. The van der Waals surface area contributed by atoms with Gasteiger partial charge in [0.15, 0.2) is 0 Å². The molecule has 0 saturated carbocycles. The monoisotopic (exact) mass is 293 g/mol. The summed E-state index contributed by atoms with van der Waals surface area (Å²) < 4.78 is 5.10. The van der Waals surface area contributed by atoms with Crippen LogP contribution in [0, 0.1) is 13.8 Å². The van der Waals surface area contributed by atoms with Crippen molar-refractivity contribution in [2.75, 3.05) is 0 Å². The molecule has 0 aliphatic carbocycles. The highest BCUT2D eigenvalue weighted by molar-refractivity contribution is 5.99. The maximum absolute atomic E-state index is 12.2. The Morgan fingerprint density at radius 1 is 1.27 bits per heavy atom. The first-order chi connectivity index (χ1) is 10.6. The summed E-state index contributed by atoms with van der Waals surface area (Å²) in [7, 11) is 0. The smallest absolute Gasteiger partial charge is 0.273 e. The van der Waals surface area contributed by atoms with Crippen molar-refractivity contribution in [1.82, 2.24) is 10.4 Å². The number of fused-ring (bicyclic) bond motifs is 1. The molecule has 0 bridgehead atoms. The molecule has 0 fully saturated rings. The minimum Gasteiger partial charge on any atom is -0.463 e. The summed E-state index contributed by atoms with van der Waals surface area (Å²) in [6.07, 6.45) is 2.99. The van der Waals surface area contributed by atoms with Crippen LogP contribution in [-0.2, 0) is 0 Å². The van der Waals surface area contributed by atoms with Gasteiger partial charge in [-0.15, -0.1) is 0 Å². The second kappa shape index (κ2) is 5.81. The molecule has 0 radical (unpaired) electrons. The standard InChI is InChI=1S/C17H15N3O2/c1-11-5-6-16-13(8-11)9-15(12(2)19-16)17(21)20-18-10-14-4-3-7-22-14/h3-10H,1-2H3,(H,20,21)/b18-10+. The van der Waals surface area contributed by atoms with Gasteiger partial charge < -0.3 is 4.42 Å². The van der Waals surface area contributed by atoms with Gasteiger partial charge in [0.1, 0.15) is 5.76 Å². The number of rotatable bonds is 3. The summed E-state index contributed by atoms with van der Waals surface area (Å²) in [5.74, 6) is 0.278. The van der Waals surface area contributed by atoms with Gasteiger partial charge in [0.2, 0.25) is 0 Å². The van der Waals surface area contributed by atoms with Crippen molar-refractivity contribution in [3.8, 4) is 0 Å². The Labute approximate surface area is 127 Å². The summed E-state index contributed by atoms with van der Waals surface area (Å²) in [6, 6.07) is 11.3. The quantitative estimate of drug-likeness (QED) is 0.595. The number of carbonyl (C=O) groups excluding carboxylic acids is 1. The van der Waals surface area contributed by atoms with Crippen LogP contribution in [0.1, 0.15) is 27.4 Å². The van der Waals surface area contributed by atoms with Crippen molar-refractivity contribution >= 4 is 23.0 Å². The molecule has 1 aromatic carbocycles. The molecule has 3 aromatic rings. The van der Waals surface area contributed by atoms with E-state index in [4.69, 9.17) is 4.42 Å². The lowest BCUT2D eigenvalue weighted by atomic mass is 10.1. The predicted octanol–water partition coefficient (Wildman–Crippen LogP) is 3.21. The maximum atomic E-state index is 12.2. The SMILES string of the molecule is Cc1ccc2nc(C)c(C(=O)N/N=C/c3ccco3)cc2c1. The molecule has 0 aliphatic rings. The summed E-state index contributed by atoms with van der Waals surface area (Å²) in [5.41, 5.74) is 5.66. The largest absolute Gasteiger partial charge is 0.463 e. The van der Waals surface area contributed by atoms with Gasteiger partial charge in [-0.2, -0.15) is 5.10 Å². The lowest BCUT2D eigenvalue weighted by Crippen LogP contribution is -2.19. The fourth-order valence-corrected chi connectivity index (χ4v) is 2.20. The number of carbonyl (C=O) groups is 1. The van der Waals surface area contributed by atoms with Crippen molar-refractivity contribution in [2.24, 2.45) is 5.10 Å². The third-order valence-corrected chi connectivity index (χ3v) is 3.31. The van der Waals surface area contributed by atoms with Crippen LogP contribution in [0.5, 0.6) is 0 Å². The molecular weight excluding hydrogens is 278 g/mol. The number of nitrogens with one attached hydrogen (secondary N) is 1. The minimum atomic E-state index is -0.295. The number of benzene rings is 1. The van der Waals surface area contributed by atoms with E-state index in [1.807, 2.05) is 38.1 Å². The Balaban J connectivity index is 1.85. The molecule has 0 aliphatic heterocycles. The highest BCUT2D eigenvalue weighted by atomic mass is 16.3. The Morgan fingerprint density at radius 2 is 2.14 bits per heavy atom. The molecule has 1 amide bonds. The van der Waals surface area contributed by atoms with E-state index < -0.39 is 0 Å². The molecule has 1 N–H and O–H groups in total. The van der Waals surface area contributed by atoms with Crippen LogP contribution in [0.4, 0.5) is 0 Å². The molecule has 110 valence electrons. The fourth-order valence-electron chi connectivity index (χ4n) is 2.20. The molecule has 5 heteroatoms. The first-order valence-electron chi connectivity index (χ1n) is 6.88. The molecule has 5 nitrogen and oxygen atoms in total.